The van der Waals surface area contributed by atoms with Crippen LogP contribution in [0.2, 0.25) is 4.82 Å². The molecule has 4 heteroatoms. The number of likely N-dealkylation sites (tertiary alicyclic amines) is 1. The Morgan fingerprint density at radius 1 is 1.31 bits per heavy atom. The van der Waals surface area contributed by atoms with E-state index >= 15 is 0 Å². The Bertz CT molecular complexity index is 405. The van der Waals surface area contributed by atoms with Gasteiger partial charge in [-0.3, -0.25) is 0 Å². The molecule has 1 atom stereocenters. The van der Waals surface area contributed by atoms with Crippen molar-refractivity contribution in [2.75, 3.05) is 6.54 Å². The summed E-state index contributed by atoms with van der Waals surface area (Å²) < 4.78 is 1.18. The van der Waals surface area contributed by atoms with E-state index in [1.165, 1.54) is 9.36 Å². The summed E-state index contributed by atoms with van der Waals surface area (Å²) in [5, 5.41) is 0. The molecule has 1 aliphatic heterocycles. The molecular weight excluding hydrogens is 269 g/mol. The molecule has 1 aromatic rings. The van der Waals surface area contributed by atoms with Crippen molar-refractivity contribution in [1.29, 1.82) is 0 Å². The number of rotatable bonds is 3. The predicted octanol–water partition coefficient (Wildman–Crippen LogP) is 0.583. The average molecular weight is 282 g/mol. The van der Waals surface area contributed by atoms with Crippen LogP contribution in [-0.4, -0.2) is 38.2 Å². The maximum atomic E-state index is 11.9. The van der Waals surface area contributed by atoms with Gasteiger partial charge in [-0.25, -0.2) is 0 Å². The van der Waals surface area contributed by atoms with Crippen LogP contribution in [0.1, 0.15) is 13.3 Å². The van der Waals surface area contributed by atoms with E-state index in [0.717, 1.165) is 0 Å². The minimum atomic E-state index is -0.0950. The molecule has 0 spiro atoms. The summed E-state index contributed by atoms with van der Waals surface area (Å²) in [4.78, 5) is 24.7. The third kappa shape index (κ3) is 2.18. The number of hydrogen-bond donors (Lipinski definition) is 0. The topological polar surface area (TPSA) is 37.4 Å². The zero-order valence-corrected chi connectivity index (χ0v) is 10.8. The first kappa shape index (κ1) is 11.4. The number of carbonyl (C=O) groups excluding carboxylic acids is 2. The van der Waals surface area contributed by atoms with E-state index in [9.17, 15) is 9.59 Å². The van der Waals surface area contributed by atoms with Crippen molar-refractivity contribution >= 4 is 31.2 Å². The molecule has 2 rings (SSSR count). The second-order valence-electron chi connectivity index (χ2n) is 3.60. The molecule has 84 valence electrons. The first-order valence-corrected chi connectivity index (χ1v) is 7.13. The third-order valence-electron chi connectivity index (χ3n) is 2.54. The van der Waals surface area contributed by atoms with E-state index in [-0.39, 0.29) is 31.6 Å². The molecule has 1 heterocycles. The van der Waals surface area contributed by atoms with Crippen LogP contribution in [0.25, 0.3) is 0 Å². The summed E-state index contributed by atoms with van der Waals surface area (Å²) in [5.74, 6) is -0.00772. The molecule has 3 nitrogen and oxygen atoms in total. The molecule has 1 saturated heterocycles. The van der Waals surface area contributed by atoms with Gasteiger partial charge in [0.25, 0.3) is 0 Å². The number of carbonyl (C=O) groups is 2. The molecule has 1 unspecified atom stereocenters. The molecule has 1 aromatic carbocycles. The fourth-order valence-corrected chi connectivity index (χ4v) is 4.04. The summed E-state index contributed by atoms with van der Waals surface area (Å²) in [6.45, 7) is 2.34. The summed E-state index contributed by atoms with van der Waals surface area (Å²) in [6, 6.07) is 9.93. The van der Waals surface area contributed by atoms with E-state index in [1.54, 1.807) is 0 Å². The molecule has 0 aliphatic carbocycles. The van der Waals surface area contributed by atoms with Crippen LogP contribution < -0.4 is 4.46 Å². The Kier molecular flexibility index (Phi) is 3.42. The predicted molar refractivity (Wildman–Crippen MR) is 62.6 cm³/mol. The second-order valence-corrected chi connectivity index (χ2v) is 6.28. The van der Waals surface area contributed by atoms with E-state index in [4.69, 9.17) is 0 Å². The van der Waals surface area contributed by atoms with Crippen molar-refractivity contribution in [2.45, 2.75) is 18.2 Å². The van der Waals surface area contributed by atoms with Crippen molar-refractivity contribution in [3.8, 4) is 0 Å². The Hall–Kier alpha value is -1.12. The average Bonchev–Trinajstić information content (AvgIpc) is 2.55. The molecule has 16 heavy (non-hydrogen) atoms. The van der Waals surface area contributed by atoms with Gasteiger partial charge < -0.3 is 0 Å². The van der Waals surface area contributed by atoms with Crippen molar-refractivity contribution < 1.29 is 9.59 Å². The Morgan fingerprint density at radius 2 is 2.00 bits per heavy atom. The van der Waals surface area contributed by atoms with Crippen LogP contribution in [-0.2, 0) is 9.59 Å². The van der Waals surface area contributed by atoms with Crippen molar-refractivity contribution in [3.05, 3.63) is 30.3 Å². The van der Waals surface area contributed by atoms with Gasteiger partial charge in [-0.05, 0) is 0 Å². The fraction of sp³-hybridized carbons (Fsp3) is 0.333. The Labute approximate surface area is 101 Å². The molecule has 2 amide bonds. The number of amides is 2. The van der Waals surface area contributed by atoms with Gasteiger partial charge in [-0.15, -0.1) is 0 Å². The second kappa shape index (κ2) is 4.81. The Morgan fingerprint density at radius 3 is 2.56 bits per heavy atom. The van der Waals surface area contributed by atoms with Gasteiger partial charge in [-0.2, -0.15) is 0 Å². The summed E-state index contributed by atoms with van der Waals surface area (Å²) in [5.41, 5.74) is 0. The van der Waals surface area contributed by atoms with Crippen molar-refractivity contribution in [3.63, 3.8) is 0 Å². The zero-order chi connectivity index (χ0) is 11.5. The third-order valence-corrected chi connectivity index (χ3v) is 5.05. The monoisotopic (exact) mass is 283 g/mol. The minimum absolute atomic E-state index is 0.0105. The van der Waals surface area contributed by atoms with Gasteiger partial charge in [0.2, 0.25) is 0 Å². The molecule has 0 aromatic heterocycles. The summed E-state index contributed by atoms with van der Waals surface area (Å²) in [6.07, 6.45) is 0.390. The number of imide groups is 1. The molecular formula is C12H13NO2Se. The van der Waals surface area contributed by atoms with Crippen LogP contribution in [0, 0.1) is 0 Å². The van der Waals surface area contributed by atoms with E-state index in [1.807, 2.05) is 37.3 Å². The molecule has 1 aliphatic rings. The van der Waals surface area contributed by atoms with Crippen molar-refractivity contribution in [2.24, 2.45) is 0 Å². The Balaban J connectivity index is 2.08. The molecule has 0 bridgehead atoms. The molecule has 0 saturated carbocycles. The van der Waals surface area contributed by atoms with E-state index in [2.05, 4.69) is 0 Å². The van der Waals surface area contributed by atoms with Crippen LogP contribution in [0.5, 0.6) is 0 Å². The molecule has 1 fully saturated rings. The van der Waals surface area contributed by atoms with Gasteiger partial charge >= 0.3 is 101 Å². The van der Waals surface area contributed by atoms with E-state index in [0.29, 0.717) is 13.0 Å². The van der Waals surface area contributed by atoms with Gasteiger partial charge in [-0.1, -0.05) is 0 Å². The standard InChI is InChI=1S/C12H13NO2Se/c1-2-13-11(14)8-10(12(13)15)16-9-6-4-3-5-7-9/h3-7,10H,2,8H2,1H3. The quantitative estimate of drug-likeness (QED) is 0.601. The molecule has 0 N–H and O–H groups in total. The van der Waals surface area contributed by atoms with Crippen LogP contribution in [0.4, 0.5) is 0 Å². The van der Waals surface area contributed by atoms with Gasteiger partial charge in [0.15, 0.2) is 0 Å². The fourth-order valence-electron chi connectivity index (χ4n) is 1.74. The first-order valence-electron chi connectivity index (χ1n) is 5.28. The normalized spacial score (nSPS) is 20.6. The molecule has 0 radical (unpaired) electrons. The van der Waals surface area contributed by atoms with Crippen LogP contribution >= 0.6 is 0 Å². The van der Waals surface area contributed by atoms with E-state index < -0.39 is 0 Å². The zero-order valence-electron chi connectivity index (χ0n) is 9.05. The van der Waals surface area contributed by atoms with Crippen molar-refractivity contribution in [1.82, 2.24) is 4.90 Å². The maximum absolute atomic E-state index is 11.9. The van der Waals surface area contributed by atoms with Gasteiger partial charge in [0, 0.05) is 0 Å². The van der Waals surface area contributed by atoms with Crippen LogP contribution in [0.3, 0.4) is 0 Å². The summed E-state index contributed by atoms with van der Waals surface area (Å²) in [7, 11) is 0. The van der Waals surface area contributed by atoms with Crippen LogP contribution in [0.15, 0.2) is 30.3 Å². The van der Waals surface area contributed by atoms with Gasteiger partial charge in [0.1, 0.15) is 0 Å². The number of benzene rings is 1. The first-order chi connectivity index (χ1) is 7.72. The van der Waals surface area contributed by atoms with Gasteiger partial charge in [0.05, 0.1) is 0 Å². The summed E-state index contributed by atoms with van der Waals surface area (Å²) >= 11 is 0.0674. The number of hydrogen-bond acceptors (Lipinski definition) is 2. The SMILES string of the molecule is CCN1C(=O)CC([Se]c2ccccc2)C1=O. The number of nitrogens with zero attached hydrogens (tertiary/aromatic N) is 1.